The molecular formula is C16H20N2O2. The second kappa shape index (κ2) is 5.54. The standard InChI is InChI=1S/C16H20N2O2/c1-4-16(5-2)15(19)18(10-6-9-17)13-8-7-12(3)11-14(13)20-16/h7-8,11H,4-6,10H2,1-3H3. The molecule has 1 aliphatic heterocycles. The summed E-state index contributed by atoms with van der Waals surface area (Å²) in [6.07, 6.45) is 1.57. The Balaban J connectivity index is 2.50. The minimum absolute atomic E-state index is 0.0332. The molecule has 1 amide bonds. The van der Waals surface area contributed by atoms with Crippen molar-refractivity contribution in [1.82, 2.24) is 0 Å². The number of fused-ring (bicyclic) bond motifs is 1. The van der Waals surface area contributed by atoms with Gasteiger partial charge in [0.2, 0.25) is 0 Å². The molecule has 0 saturated heterocycles. The number of ether oxygens (including phenoxy) is 1. The fourth-order valence-electron chi connectivity index (χ4n) is 2.62. The number of hydrogen-bond acceptors (Lipinski definition) is 3. The van der Waals surface area contributed by atoms with Crippen molar-refractivity contribution in [1.29, 1.82) is 5.26 Å². The number of benzene rings is 1. The molecule has 4 nitrogen and oxygen atoms in total. The first kappa shape index (κ1) is 14.4. The summed E-state index contributed by atoms with van der Waals surface area (Å²) in [6, 6.07) is 7.92. The smallest absolute Gasteiger partial charge is 0.271 e. The van der Waals surface area contributed by atoms with Gasteiger partial charge in [-0.3, -0.25) is 4.79 Å². The van der Waals surface area contributed by atoms with Gasteiger partial charge in [-0.1, -0.05) is 19.9 Å². The molecule has 0 unspecified atom stereocenters. The van der Waals surface area contributed by atoms with Crippen molar-refractivity contribution in [2.45, 2.75) is 45.6 Å². The van der Waals surface area contributed by atoms with Gasteiger partial charge in [0.15, 0.2) is 5.60 Å². The number of carbonyl (C=O) groups is 1. The van der Waals surface area contributed by atoms with Crippen molar-refractivity contribution in [2.75, 3.05) is 11.4 Å². The highest BCUT2D eigenvalue weighted by atomic mass is 16.5. The first-order valence-corrected chi connectivity index (χ1v) is 7.06. The summed E-state index contributed by atoms with van der Waals surface area (Å²) >= 11 is 0. The summed E-state index contributed by atoms with van der Waals surface area (Å²) in [7, 11) is 0. The monoisotopic (exact) mass is 272 g/mol. The summed E-state index contributed by atoms with van der Waals surface area (Å²) in [5.74, 6) is 0.709. The largest absolute Gasteiger partial charge is 0.475 e. The van der Waals surface area contributed by atoms with Gasteiger partial charge in [0.1, 0.15) is 5.75 Å². The average molecular weight is 272 g/mol. The number of anilines is 1. The highest BCUT2D eigenvalue weighted by molar-refractivity contribution is 6.02. The summed E-state index contributed by atoms with van der Waals surface area (Å²) < 4.78 is 6.05. The Morgan fingerprint density at radius 2 is 2.05 bits per heavy atom. The third kappa shape index (κ3) is 2.24. The highest BCUT2D eigenvalue weighted by Crippen LogP contribution is 2.41. The molecular weight excluding hydrogens is 252 g/mol. The molecule has 0 fully saturated rings. The van der Waals surface area contributed by atoms with E-state index in [1.54, 1.807) is 4.90 Å². The molecule has 1 heterocycles. The number of nitrogens with zero attached hydrogens (tertiary/aromatic N) is 2. The zero-order valence-corrected chi connectivity index (χ0v) is 12.3. The molecule has 1 aliphatic rings. The molecule has 20 heavy (non-hydrogen) atoms. The number of carbonyl (C=O) groups excluding carboxylic acids is 1. The number of amides is 1. The molecule has 1 aromatic rings. The number of nitriles is 1. The Kier molecular flexibility index (Phi) is 3.99. The van der Waals surface area contributed by atoms with Crippen LogP contribution < -0.4 is 9.64 Å². The van der Waals surface area contributed by atoms with E-state index in [-0.39, 0.29) is 5.91 Å². The maximum Gasteiger partial charge on any atom is 0.271 e. The lowest BCUT2D eigenvalue weighted by molar-refractivity contribution is -0.136. The molecule has 0 bridgehead atoms. The molecule has 0 atom stereocenters. The fourth-order valence-corrected chi connectivity index (χ4v) is 2.62. The van der Waals surface area contributed by atoms with E-state index >= 15 is 0 Å². The van der Waals surface area contributed by atoms with Gasteiger partial charge in [0, 0.05) is 6.54 Å². The molecule has 0 aromatic heterocycles. The van der Waals surface area contributed by atoms with E-state index < -0.39 is 5.60 Å². The van der Waals surface area contributed by atoms with Gasteiger partial charge in [-0.2, -0.15) is 5.26 Å². The highest BCUT2D eigenvalue weighted by Gasteiger charge is 2.45. The van der Waals surface area contributed by atoms with Gasteiger partial charge in [0.25, 0.3) is 5.91 Å². The topological polar surface area (TPSA) is 53.3 Å². The molecule has 0 aliphatic carbocycles. The van der Waals surface area contributed by atoms with Gasteiger partial charge in [-0.15, -0.1) is 0 Å². The van der Waals surface area contributed by atoms with Crippen molar-refractivity contribution in [2.24, 2.45) is 0 Å². The van der Waals surface area contributed by atoms with Crippen LogP contribution in [0.15, 0.2) is 18.2 Å². The Morgan fingerprint density at radius 1 is 1.35 bits per heavy atom. The molecule has 106 valence electrons. The van der Waals surface area contributed by atoms with Crippen LogP contribution in [0.4, 0.5) is 5.69 Å². The van der Waals surface area contributed by atoms with Crippen LogP contribution >= 0.6 is 0 Å². The lowest BCUT2D eigenvalue weighted by Crippen LogP contribution is -2.55. The summed E-state index contributed by atoms with van der Waals surface area (Å²) in [5.41, 5.74) is 1.07. The van der Waals surface area contributed by atoms with Crippen molar-refractivity contribution >= 4 is 11.6 Å². The van der Waals surface area contributed by atoms with Gasteiger partial charge in [-0.25, -0.2) is 0 Å². The van der Waals surface area contributed by atoms with Crippen molar-refractivity contribution in [3.8, 4) is 11.8 Å². The molecule has 4 heteroatoms. The lowest BCUT2D eigenvalue weighted by Gasteiger charge is -2.41. The second-order valence-corrected chi connectivity index (χ2v) is 5.14. The van der Waals surface area contributed by atoms with Gasteiger partial charge >= 0.3 is 0 Å². The number of rotatable bonds is 4. The van der Waals surface area contributed by atoms with Crippen LogP contribution in [0.2, 0.25) is 0 Å². The predicted molar refractivity (Wildman–Crippen MR) is 77.7 cm³/mol. The predicted octanol–water partition coefficient (Wildman–Crippen LogP) is 3.19. The van der Waals surface area contributed by atoms with E-state index in [4.69, 9.17) is 10.00 Å². The van der Waals surface area contributed by atoms with E-state index in [1.165, 1.54) is 0 Å². The molecule has 2 rings (SSSR count). The van der Waals surface area contributed by atoms with E-state index in [1.807, 2.05) is 39.0 Å². The summed E-state index contributed by atoms with van der Waals surface area (Å²) in [4.78, 5) is 14.5. The second-order valence-electron chi connectivity index (χ2n) is 5.14. The Labute approximate surface area is 120 Å². The number of aryl methyl sites for hydroxylation is 1. The van der Waals surface area contributed by atoms with Crippen LogP contribution in [0.3, 0.4) is 0 Å². The molecule has 0 spiro atoms. The first-order chi connectivity index (χ1) is 9.57. The Bertz CT molecular complexity index is 556. The maximum atomic E-state index is 12.8. The van der Waals surface area contributed by atoms with Gasteiger partial charge < -0.3 is 9.64 Å². The van der Waals surface area contributed by atoms with E-state index in [2.05, 4.69) is 6.07 Å². The molecule has 0 saturated carbocycles. The fraction of sp³-hybridized carbons (Fsp3) is 0.500. The SMILES string of the molecule is CCC1(CC)Oc2cc(C)ccc2N(CCC#N)C1=O. The minimum atomic E-state index is -0.795. The maximum absolute atomic E-state index is 12.8. The number of hydrogen-bond donors (Lipinski definition) is 0. The lowest BCUT2D eigenvalue weighted by atomic mass is 9.92. The molecule has 0 N–H and O–H groups in total. The summed E-state index contributed by atoms with van der Waals surface area (Å²) in [6.45, 7) is 6.34. The van der Waals surface area contributed by atoms with Gasteiger partial charge in [0.05, 0.1) is 18.2 Å². The minimum Gasteiger partial charge on any atom is -0.475 e. The molecule has 1 aromatic carbocycles. The van der Waals surface area contributed by atoms with Crippen LogP contribution in [0.25, 0.3) is 0 Å². The summed E-state index contributed by atoms with van der Waals surface area (Å²) in [5, 5.41) is 8.80. The zero-order valence-electron chi connectivity index (χ0n) is 12.3. The zero-order chi connectivity index (χ0) is 14.8. The van der Waals surface area contributed by atoms with Crippen molar-refractivity contribution in [3.05, 3.63) is 23.8 Å². The van der Waals surface area contributed by atoms with Gasteiger partial charge in [-0.05, 0) is 37.5 Å². The van der Waals surface area contributed by atoms with E-state index in [0.717, 1.165) is 17.0 Å². The van der Waals surface area contributed by atoms with Crippen molar-refractivity contribution in [3.63, 3.8) is 0 Å². The van der Waals surface area contributed by atoms with E-state index in [0.29, 0.717) is 25.8 Å². The Hall–Kier alpha value is -2.02. The third-order valence-electron chi connectivity index (χ3n) is 3.94. The quantitative estimate of drug-likeness (QED) is 0.845. The van der Waals surface area contributed by atoms with Crippen LogP contribution in [-0.2, 0) is 4.79 Å². The van der Waals surface area contributed by atoms with E-state index in [9.17, 15) is 4.79 Å². The van der Waals surface area contributed by atoms with Crippen LogP contribution in [0, 0.1) is 18.3 Å². The third-order valence-corrected chi connectivity index (χ3v) is 3.94. The van der Waals surface area contributed by atoms with Crippen LogP contribution in [0.1, 0.15) is 38.7 Å². The Morgan fingerprint density at radius 3 is 2.65 bits per heavy atom. The first-order valence-electron chi connectivity index (χ1n) is 7.06. The van der Waals surface area contributed by atoms with Crippen molar-refractivity contribution < 1.29 is 9.53 Å². The normalized spacial score (nSPS) is 16.3. The van der Waals surface area contributed by atoms with Crippen LogP contribution in [-0.4, -0.2) is 18.1 Å². The average Bonchev–Trinajstić information content (AvgIpc) is 2.46. The molecule has 0 radical (unpaired) electrons. The van der Waals surface area contributed by atoms with Crippen LogP contribution in [0.5, 0.6) is 5.75 Å².